The van der Waals surface area contributed by atoms with Crippen LogP contribution in [0.4, 0.5) is 10.1 Å². The van der Waals surface area contributed by atoms with Gasteiger partial charge in [-0.2, -0.15) is 0 Å². The number of carbonyl (C=O) groups is 1. The van der Waals surface area contributed by atoms with Gasteiger partial charge in [0.2, 0.25) is 5.91 Å². The molecular formula is C19H27FN2O. The smallest absolute Gasteiger partial charge is 0.222 e. The first-order chi connectivity index (χ1) is 11.2. The lowest BCUT2D eigenvalue weighted by atomic mass is 10.00. The van der Waals surface area contributed by atoms with Crippen molar-refractivity contribution < 1.29 is 9.18 Å². The Labute approximate surface area is 138 Å². The van der Waals surface area contributed by atoms with E-state index in [-0.39, 0.29) is 5.82 Å². The van der Waals surface area contributed by atoms with Crippen molar-refractivity contribution in [1.82, 2.24) is 4.90 Å². The summed E-state index contributed by atoms with van der Waals surface area (Å²) >= 11 is 0. The lowest BCUT2D eigenvalue weighted by molar-refractivity contribution is -0.132. The quantitative estimate of drug-likeness (QED) is 0.882. The topological polar surface area (TPSA) is 32.3 Å². The first-order valence-corrected chi connectivity index (χ1v) is 9.00. The van der Waals surface area contributed by atoms with Gasteiger partial charge in [-0.1, -0.05) is 25.7 Å². The summed E-state index contributed by atoms with van der Waals surface area (Å²) in [6.45, 7) is 1.67. The molecule has 3 nitrogen and oxygen atoms in total. The molecule has 2 aliphatic rings. The first kappa shape index (κ1) is 16.3. The summed E-state index contributed by atoms with van der Waals surface area (Å²) < 4.78 is 12.9. The highest BCUT2D eigenvalue weighted by atomic mass is 19.1. The van der Waals surface area contributed by atoms with E-state index >= 15 is 0 Å². The summed E-state index contributed by atoms with van der Waals surface area (Å²) in [6.07, 6.45) is 9.05. The average Bonchev–Trinajstić information content (AvgIpc) is 3.09. The molecule has 3 rings (SSSR count). The van der Waals surface area contributed by atoms with Crippen LogP contribution in [0.15, 0.2) is 24.3 Å². The molecule has 23 heavy (non-hydrogen) atoms. The Balaban J connectivity index is 1.39. The maximum Gasteiger partial charge on any atom is 0.222 e. The van der Waals surface area contributed by atoms with Crippen LogP contribution in [0.5, 0.6) is 0 Å². The van der Waals surface area contributed by atoms with E-state index in [0.29, 0.717) is 11.9 Å². The fraction of sp³-hybridized carbons (Fsp3) is 0.632. The third-order valence-electron chi connectivity index (χ3n) is 5.30. The Bertz CT molecular complexity index is 503. The lowest BCUT2D eigenvalue weighted by Gasteiger charge is -2.33. The van der Waals surface area contributed by atoms with E-state index in [4.69, 9.17) is 0 Å². The van der Waals surface area contributed by atoms with E-state index in [1.54, 1.807) is 12.1 Å². The normalized spacial score (nSPS) is 20.0. The van der Waals surface area contributed by atoms with E-state index in [2.05, 4.69) is 5.32 Å². The second-order valence-corrected chi connectivity index (χ2v) is 7.00. The van der Waals surface area contributed by atoms with Crippen molar-refractivity contribution in [2.24, 2.45) is 5.92 Å². The van der Waals surface area contributed by atoms with Crippen LogP contribution in [-0.4, -0.2) is 29.9 Å². The molecule has 1 aromatic carbocycles. The number of amides is 1. The predicted octanol–water partition coefficient (Wildman–Crippen LogP) is 4.20. The fourth-order valence-electron chi connectivity index (χ4n) is 3.84. The van der Waals surface area contributed by atoms with E-state index < -0.39 is 0 Å². The molecule has 126 valence electrons. The second-order valence-electron chi connectivity index (χ2n) is 7.00. The standard InChI is InChI=1S/C19H27FN2O/c20-16-6-8-17(9-7-16)21-18-11-13-22(14-12-18)19(23)10-5-15-3-1-2-4-15/h6-9,15,18,21H,1-5,10-14H2. The molecule has 1 heterocycles. The molecule has 1 N–H and O–H groups in total. The van der Waals surface area contributed by atoms with Crippen LogP contribution in [0.25, 0.3) is 0 Å². The van der Waals surface area contributed by atoms with Gasteiger partial charge >= 0.3 is 0 Å². The molecular weight excluding hydrogens is 291 g/mol. The van der Waals surface area contributed by atoms with Crippen LogP contribution in [0.3, 0.4) is 0 Å². The second kappa shape index (κ2) is 7.80. The van der Waals surface area contributed by atoms with Crippen molar-refractivity contribution in [3.63, 3.8) is 0 Å². The summed E-state index contributed by atoms with van der Waals surface area (Å²) in [5.74, 6) is 0.909. The Hall–Kier alpha value is -1.58. The van der Waals surface area contributed by atoms with Crippen molar-refractivity contribution in [3.05, 3.63) is 30.1 Å². The SMILES string of the molecule is O=C(CCC1CCCC1)N1CCC(Nc2ccc(F)cc2)CC1. The van der Waals surface area contributed by atoms with Crippen molar-refractivity contribution in [1.29, 1.82) is 0 Å². The fourth-order valence-corrected chi connectivity index (χ4v) is 3.84. The van der Waals surface area contributed by atoms with E-state index in [9.17, 15) is 9.18 Å². The Morgan fingerprint density at radius 3 is 2.39 bits per heavy atom. The molecule has 1 aromatic rings. The minimum absolute atomic E-state index is 0.210. The molecule has 1 saturated carbocycles. The Kier molecular flexibility index (Phi) is 5.52. The number of nitrogens with zero attached hydrogens (tertiary/aromatic N) is 1. The van der Waals surface area contributed by atoms with Crippen LogP contribution in [0.2, 0.25) is 0 Å². The molecule has 1 aliphatic heterocycles. The third kappa shape index (κ3) is 4.69. The number of rotatable bonds is 5. The molecule has 0 unspecified atom stereocenters. The van der Waals surface area contributed by atoms with E-state index in [1.165, 1.54) is 37.8 Å². The van der Waals surface area contributed by atoms with E-state index in [1.807, 2.05) is 4.90 Å². The van der Waals surface area contributed by atoms with Crippen LogP contribution < -0.4 is 5.32 Å². The number of likely N-dealkylation sites (tertiary alicyclic amines) is 1. The van der Waals surface area contributed by atoms with Crippen LogP contribution in [0.1, 0.15) is 51.4 Å². The Morgan fingerprint density at radius 2 is 1.74 bits per heavy atom. The maximum absolute atomic E-state index is 12.9. The number of nitrogens with one attached hydrogen (secondary N) is 1. The van der Waals surface area contributed by atoms with Crippen LogP contribution in [0, 0.1) is 11.7 Å². The molecule has 0 spiro atoms. The van der Waals surface area contributed by atoms with Gasteiger partial charge in [0.15, 0.2) is 0 Å². The van der Waals surface area contributed by atoms with Crippen LogP contribution >= 0.6 is 0 Å². The number of piperidine rings is 1. The zero-order chi connectivity index (χ0) is 16.1. The van der Waals surface area contributed by atoms with Gasteiger partial charge in [-0.15, -0.1) is 0 Å². The lowest BCUT2D eigenvalue weighted by Crippen LogP contribution is -2.42. The summed E-state index contributed by atoms with van der Waals surface area (Å²) in [5, 5.41) is 3.44. The van der Waals surface area contributed by atoms with Gasteiger partial charge in [0.05, 0.1) is 0 Å². The summed E-state index contributed by atoms with van der Waals surface area (Å²) in [7, 11) is 0. The van der Waals surface area contributed by atoms with Crippen LogP contribution in [-0.2, 0) is 4.79 Å². The molecule has 0 bridgehead atoms. The van der Waals surface area contributed by atoms with Crippen molar-refractivity contribution in [2.75, 3.05) is 18.4 Å². The molecule has 1 saturated heterocycles. The summed E-state index contributed by atoms with van der Waals surface area (Å²) in [4.78, 5) is 14.3. The van der Waals surface area contributed by atoms with E-state index in [0.717, 1.165) is 50.4 Å². The van der Waals surface area contributed by atoms with Crippen molar-refractivity contribution in [2.45, 2.75) is 57.4 Å². The maximum atomic E-state index is 12.9. The molecule has 0 radical (unpaired) electrons. The van der Waals surface area contributed by atoms with Gasteiger partial charge in [0, 0.05) is 31.2 Å². The van der Waals surface area contributed by atoms with Gasteiger partial charge in [0.25, 0.3) is 0 Å². The predicted molar refractivity (Wildman–Crippen MR) is 90.8 cm³/mol. The zero-order valence-electron chi connectivity index (χ0n) is 13.8. The molecule has 0 aromatic heterocycles. The third-order valence-corrected chi connectivity index (χ3v) is 5.30. The number of hydrogen-bond donors (Lipinski definition) is 1. The average molecular weight is 318 g/mol. The number of carbonyl (C=O) groups excluding carboxylic acids is 1. The highest BCUT2D eigenvalue weighted by Crippen LogP contribution is 2.29. The molecule has 4 heteroatoms. The molecule has 1 aliphatic carbocycles. The Morgan fingerprint density at radius 1 is 1.09 bits per heavy atom. The molecule has 2 fully saturated rings. The minimum Gasteiger partial charge on any atom is -0.382 e. The van der Waals surface area contributed by atoms with Gasteiger partial charge in [0.1, 0.15) is 5.82 Å². The number of halogens is 1. The number of hydrogen-bond acceptors (Lipinski definition) is 2. The van der Waals surface area contributed by atoms with Gasteiger partial charge < -0.3 is 10.2 Å². The first-order valence-electron chi connectivity index (χ1n) is 9.00. The van der Waals surface area contributed by atoms with Gasteiger partial charge in [-0.05, 0) is 49.4 Å². The highest BCUT2D eigenvalue weighted by molar-refractivity contribution is 5.76. The largest absolute Gasteiger partial charge is 0.382 e. The molecule has 1 amide bonds. The minimum atomic E-state index is -0.210. The van der Waals surface area contributed by atoms with Gasteiger partial charge in [-0.25, -0.2) is 4.39 Å². The summed E-state index contributed by atoms with van der Waals surface area (Å²) in [6, 6.07) is 6.87. The monoisotopic (exact) mass is 318 g/mol. The van der Waals surface area contributed by atoms with Crippen molar-refractivity contribution in [3.8, 4) is 0 Å². The molecule has 0 atom stereocenters. The van der Waals surface area contributed by atoms with Crippen molar-refractivity contribution >= 4 is 11.6 Å². The zero-order valence-corrected chi connectivity index (χ0v) is 13.8. The number of benzene rings is 1. The van der Waals surface area contributed by atoms with Gasteiger partial charge in [-0.3, -0.25) is 4.79 Å². The number of anilines is 1. The highest BCUT2D eigenvalue weighted by Gasteiger charge is 2.24. The summed E-state index contributed by atoms with van der Waals surface area (Å²) in [5.41, 5.74) is 0.956.